The van der Waals surface area contributed by atoms with Gasteiger partial charge in [0.2, 0.25) is 10.0 Å². The lowest BCUT2D eigenvalue weighted by atomic mass is 10.2. The van der Waals surface area contributed by atoms with Crippen molar-refractivity contribution in [2.75, 3.05) is 16.3 Å². The van der Waals surface area contributed by atoms with E-state index in [1.165, 1.54) is 12.1 Å². The van der Waals surface area contributed by atoms with Crippen molar-refractivity contribution < 1.29 is 12.8 Å². The van der Waals surface area contributed by atoms with Crippen LogP contribution in [0.3, 0.4) is 0 Å². The fourth-order valence-electron chi connectivity index (χ4n) is 1.79. The fourth-order valence-corrected chi connectivity index (χ4v) is 2.34. The maximum absolute atomic E-state index is 13.5. The van der Waals surface area contributed by atoms with Crippen molar-refractivity contribution in [3.05, 3.63) is 42.0 Å². The van der Waals surface area contributed by atoms with Crippen LogP contribution in [0.25, 0.3) is 0 Å². The number of nitrogens with zero attached hydrogens (tertiary/aromatic N) is 2. The van der Waals surface area contributed by atoms with Gasteiger partial charge in [-0.25, -0.2) is 12.8 Å². The molecule has 2 N–H and O–H groups in total. The van der Waals surface area contributed by atoms with Gasteiger partial charge < -0.3 is 5.32 Å². The van der Waals surface area contributed by atoms with Crippen molar-refractivity contribution in [3.63, 3.8) is 0 Å². The second-order valence-electron chi connectivity index (χ2n) is 4.63. The minimum Gasteiger partial charge on any atom is -0.381 e. The Morgan fingerprint density at radius 2 is 2.14 bits per heavy atom. The predicted octanol–water partition coefficient (Wildman–Crippen LogP) is 2.03. The molecule has 0 saturated carbocycles. The number of aryl methyl sites for hydroxylation is 1. The molecule has 0 aliphatic carbocycles. The van der Waals surface area contributed by atoms with E-state index < -0.39 is 15.8 Å². The normalized spacial score (nSPS) is 11.4. The van der Waals surface area contributed by atoms with Gasteiger partial charge in [-0.05, 0) is 25.1 Å². The van der Waals surface area contributed by atoms with Crippen LogP contribution in [0.15, 0.2) is 30.6 Å². The quantitative estimate of drug-likeness (QED) is 0.855. The number of hydrogen-bond acceptors (Lipinski definition) is 4. The molecule has 2 aromatic rings. The number of halogens is 1. The standard InChI is InChI=1S/C13H17FN4O2S/c1-3-18-9-10(8-16-18)7-15-11-4-5-12(14)13(6-11)17-21(2,19)20/h4-6,8-9,15,17H,3,7H2,1-2H3. The van der Waals surface area contributed by atoms with Gasteiger partial charge in [0.1, 0.15) is 5.82 Å². The monoisotopic (exact) mass is 312 g/mol. The average Bonchev–Trinajstić information content (AvgIpc) is 2.86. The molecule has 8 heteroatoms. The molecule has 21 heavy (non-hydrogen) atoms. The first kappa shape index (κ1) is 15.3. The van der Waals surface area contributed by atoms with Crippen molar-refractivity contribution in [3.8, 4) is 0 Å². The summed E-state index contributed by atoms with van der Waals surface area (Å²) in [7, 11) is -3.51. The molecule has 0 amide bonds. The van der Waals surface area contributed by atoms with E-state index >= 15 is 0 Å². The number of rotatable bonds is 6. The molecule has 0 unspecified atom stereocenters. The SMILES string of the molecule is CCn1cc(CNc2ccc(F)c(NS(C)(=O)=O)c2)cn1. The van der Waals surface area contributed by atoms with Crippen LogP contribution < -0.4 is 10.0 Å². The second-order valence-corrected chi connectivity index (χ2v) is 6.38. The van der Waals surface area contributed by atoms with E-state index in [0.717, 1.165) is 18.4 Å². The summed E-state index contributed by atoms with van der Waals surface area (Å²) in [5.74, 6) is -0.621. The smallest absolute Gasteiger partial charge is 0.229 e. The number of hydrogen-bond donors (Lipinski definition) is 2. The summed E-state index contributed by atoms with van der Waals surface area (Å²) >= 11 is 0. The van der Waals surface area contributed by atoms with Gasteiger partial charge in [0.25, 0.3) is 0 Å². The molecule has 0 spiro atoms. The van der Waals surface area contributed by atoms with E-state index in [9.17, 15) is 12.8 Å². The van der Waals surface area contributed by atoms with Crippen LogP contribution in [0.1, 0.15) is 12.5 Å². The highest BCUT2D eigenvalue weighted by Crippen LogP contribution is 2.21. The van der Waals surface area contributed by atoms with Crippen LogP contribution in [-0.2, 0) is 23.1 Å². The van der Waals surface area contributed by atoms with Crippen molar-refractivity contribution >= 4 is 21.4 Å². The lowest BCUT2D eigenvalue weighted by Gasteiger charge is -2.09. The van der Waals surface area contributed by atoms with Crippen LogP contribution in [0.2, 0.25) is 0 Å². The van der Waals surface area contributed by atoms with Crippen molar-refractivity contribution in [2.24, 2.45) is 0 Å². The van der Waals surface area contributed by atoms with Crippen LogP contribution in [0.5, 0.6) is 0 Å². The lowest BCUT2D eigenvalue weighted by Crippen LogP contribution is -2.11. The molecular weight excluding hydrogens is 295 g/mol. The topological polar surface area (TPSA) is 76.0 Å². The zero-order chi connectivity index (χ0) is 15.5. The molecule has 1 aromatic carbocycles. The van der Waals surface area contributed by atoms with E-state index in [4.69, 9.17) is 0 Å². The zero-order valence-electron chi connectivity index (χ0n) is 11.8. The van der Waals surface area contributed by atoms with Gasteiger partial charge in [-0.2, -0.15) is 5.10 Å². The zero-order valence-corrected chi connectivity index (χ0v) is 12.6. The van der Waals surface area contributed by atoms with E-state index in [2.05, 4.69) is 15.1 Å². The predicted molar refractivity (Wildman–Crippen MR) is 80.1 cm³/mol. The van der Waals surface area contributed by atoms with E-state index in [1.807, 2.05) is 13.1 Å². The summed E-state index contributed by atoms with van der Waals surface area (Å²) in [6, 6.07) is 4.18. The summed E-state index contributed by atoms with van der Waals surface area (Å²) in [6.45, 7) is 3.30. The molecule has 0 radical (unpaired) electrons. The second kappa shape index (κ2) is 6.13. The summed E-state index contributed by atoms with van der Waals surface area (Å²) in [5.41, 5.74) is 1.53. The highest BCUT2D eigenvalue weighted by atomic mass is 32.2. The Hall–Kier alpha value is -2.09. The van der Waals surface area contributed by atoms with Gasteiger partial charge in [0.15, 0.2) is 0 Å². The maximum atomic E-state index is 13.5. The van der Waals surface area contributed by atoms with E-state index in [1.54, 1.807) is 16.9 Å². The highest BCUT2D eigenvalue weighted by molar-refractivity contribution is 7.92. The molecule has 6 nitrogen and oxygen atoms in total. The van der Waals surface area contributed by atoms with Gasteiger partial charge >= 0.3 is 0 Å². The molecular formula is C13H17FN4O2S. The van der Waals surface area contributed by atoms with Crippen molar-refractivity contribution in [1.29, 1.82) is 0 Å². The van der Waals surface area contributed by atoms with Gasteiger partial charge in [-0.1, -0.05) is 0 Å². The van der Waals surface area contributed by atoms with Crippen LogP contribution >= 0.6 is 0 Å². The average molecular weight is 312 g/mol. The minimum absolute atomic E-state index is 0.0771. The third kappa shape index (κ3) is 4.45. The molecule has 0 saturated heterocycles. The van der Waals surface area contributed by atoms with E-state index in [-0.39, 0.29) is 5.69 Å². The van der Waals surface area contributed by atoms with Gasteiger partial charge in [-0.3, -0.25) is 9.40 Å². The number of benzene rings is 1. The molecule has 1 aromatic heterocycles. The molecule has 0 atom stereocenters. The van der Waals surface area contributed by atoms with Gasteiger partial charge in [0.05, 0.1) is 18.1 Å². The maximum Gasteiger partial charge on any atom is 0.229 e. The molecule has 2 rings (SSSR count). The Morgan fingerprint density at radius 1 is 1.38 bits per heavy atom. The molecule has 114 valence electrons. The summed E-state index contributed by atoms with van der Waals surface area (Å²) < 4.78 is 39.8. The first-order chi connectivity index (χ1) is 9.87. The Kier molecular flexibility index (Phi) is 4.46. The third-order valence-corrected chi connectivity index (χ3v) is 3.36. The third-order valence-electron chi connectivity index (χ3n) is 2.77. The number of aromatic nitrogens is 2. The summed E-state index contributed by atoms with van der Waals surface area (Å²) in [4.78, 5) is 0. The molecule has 0 aliphatic rings. The molecule has 0 aliphatic heterocycles. The largest absolute Gasteiger partial charge is 0.381 e. The van der Waals surface area contributed by atoms with E-state index in [0.29, 0.717) is 12.2 Å². The Morgan fingerprint density at radius 3 is 2.76 bits per heavy atom. The Bertz CT molecular complexity index is 728. The minimum atomic E-state index is -3.51. The van der Waals surface area contributed by atoms with Crippen LogP contribution in [0.4, 0.5) is 15.8 Å². The Labute approximate surface area is 123 Å². The Balaban J connectivity index is 2.08. The fraction of sp³-hybridized carbons (Fsp3) is 0.308. The first-order valence-electron chi connectivity index (χ1n) is 6.40. The first-order valence-corrected chi connectivity index (χ1v) is 8.29. The van der Waals surface area contributed by atoms with Gasteiger partial charge in [0, 0.05) is 30.5 Å². The number of anilines is 2. The van der Waals surface area contributed by atoms with Gasteiger partial charge in [-0.15, -0.1) is 0 Å². The summed E-state index contributed by atoms with van der Waals surface area (Å²) in [5, 5.41) is 7.25. The van der Waals surface area contributed by atoms with Crippen LogP contribution in [-0.4, -0.2) is 24.5 Å². The van der Waals surface area contributed by atoms with Crippen LogP contribution in [0, 0.1) is 5.82 Å². The molecule has 1 heterocycles. The number of nitrogens with one attached hydrogen (secondary N) is 2. The van der Waals surface area contributed by atoms with Crippen molar-refractivity contribution in [2.45, 2.75) is 20.0 Å². The van der Waals surface area contributed by atoms with Crippen molar-refractivity contribution in [1.82, 2.24) is 9.78 Å². The summed E-state index contributed by atoms with van der Waals surface area (Å²) in [6.07, 6.45) is 4.63. The number of sulfonamides is 1. The highest BCUT2D eigenvalue weighted by Gasteiger charge is 2.08. The lowest BCUT2D eigenvalue weighted by molar-refractivity contribution is 0.604. The molecule has 0 fully saturated rings. The molecule has 0 bridgehead atoms.